The Morgan fingerprint density at radius 3 is 2.43 bits per heavy atom. The Morgan fingerprint density at radius 1 is 1.00 bits per heavy atom. The van der Waals surface area contributed by atoms with E-state index in [9.17, 15) is 5.11 Å². The fraction of sp³-hybridized carbons (Fsp3) is 0.0769. The number of rotatable bonds is 1. The van der Waals surface area contributed by atoms with Gasteiger partial charge >= 0.3 is 0 Å². The van der Waals surface area contributed by atoms with Crippen molar-refractivity contribution >= 4 is 16.8 Å². The van der Waals surface area contributed by atoms with E-state index < -0.39 is 0 Å². The summed E-state index contributed by atoms with van der Waals surface area (Å²) in [6, 6.07) is 11.5. The minimum Gasteiger partial charge on any atom is -0.507 e. The summed E-state index contributed by atoms with van der Waals surface area (Å²) in [5.74, 6) is 0.342. The van der Waals surface area contributed by atoms with Gasteiger partial charge in [-0.1, -0.05) is 42.5 Å². The molecule has 0 bridgehead atoms. The molecule has 1 N–H and O–H groups in total. The number of phenolic OH excluding ortho intramolecular Hbond substituents is 1. The number of allylic oxidation sites excluding steroid dienone is 1. The molecule has 2 aromatic rings. The first-order valence-electron chi connectivity index (χ1n) is 4.66. The monoisotopic (exact) mass is 184 g/mol. The van der Waals surface area contributed by atoms with Crippen molar-refractivity contribution in [1.29, 1.82) is 0 Å². The fourth-order valence-electron chi connectivity index (χ4n) is 1.63. The third-order valence-corrected chi connectivity index (χ3v) is 2.28. The Balaban J connectivity index is 2.81. The van der Waals surface area contributed by atoms with Crippen molar-refractivity contribution < 1.29 is 5.11 Å². The van der Waals surface area contributed by atoms with Gasteiger partial charge in [-0.15, -0.1) is 0 Å². The average molecular weight is 184 g/mol. The minimum absolute atomic E-state index is 0.342. The highest BCUT2D eigenvalue weighted by atomic mass is 16.3. The molecule has 0 unspecified atom stereocenters. The summed E-state index contributed by atoms with van der Waals surface area (Å²) >= 11 is 0. The largest absolute Gasteiger partial charge is 0.507 e. The second-order valence-corrected chi connectivity index (χ2v) is 3.22. The Morgan fingerprint density at radius 2 is 1.71 bits per heavy atom. The molecule has 0 aliphatic carbocycles. The van der Waals surface area contributed by atoms with Gasteiger partial charge in [0, 0.05) is 5.39 Å². The zero-order valence-electron chi connectivity index (χ0n) is 8.07. The summed E-state index contributed by atoms with van der Waals surface area (Å²) in [7, 11) is 0. The molecule has 14 heavy (non-hydrogen) atoms. The summed E-state index contributed by atoms with van der Waals surface area (Å²) in [6.45, 7) is 1.99. The van der Waals surface area contributed by atoms with Gasteiger partial charge in [0.25, 0.3) is 0 Å². The topological polar surface area (TPSA) is 20.2 Å². The lowest BCUT2D eigenvalue weighted by Crippen LogP contribution is -1.78. The van der Waals surface area contributed by atoms with Crippen LogP contribution < -0.4 is 0 Å². The molecule has 0 radical (unpaired) electrons. The van der Waals surface area contributed by atoms with Crippen molar-refractivity contribution in [3.8, 4) is 5.75 Å². The van der Waals surface area contributed by atoms with Crippen LogP contribution in [0.4, 0.5) is 0 Å². The van der Waals surface area contributed by atoms with Crippen molar-refractivity contribution in [1.82, 2.24) is 0 Å². The quantitative estimate of drug-likeness (QED) is 0.718. The lowest BCUT2D eigenvalue weighted by atomic mass is 10.0. The predicted octanol–water partition coefficient (Wildman–Crippen LogP) is 3.58. The molecule has 0 fully saturated rings. The maximum Gasteiger partial charge on any atom is 0.123 e. The van der Waals surface area contributed by atoms with Gasteiger partial charge in [0.1, 0.15) is 5.75 Å². The maximum atomic E-state index is 9.64. The van der Waals surface area contributed by atoms with Crippen LogP contribution in [0.25, 0.3) is 16.8 Å². The van der Waals surface area contributed by atoms with E-state index >= 15 is 0 Å². The number of fused-ring (bicyclic) bond motifs is 1. The molecule has 0 saturated heterocycles. The summed E-state index contributed by atoms with van der Waals surface area (Å²) in [5, 5.41) is 11.6. The van der Waals surface area contributed by atoms with Gasteiger partial charge in [0.15, 0.2) is 0 Å². The molecular weight excluding hydrogens is 172 g/mol. The van der Waals surface area contributed by atoms with E-state index in [2.05, 4.69) is 0 Å². The zero-order valence-corrected chi connectivity index (χ0v) is 8.07. The van der Waals surface area contributed by atoms with E-state index in [0.717, 1.165) is 16.3 Å². The van der Waals surface area contributed by atoms with Crippen molar-refractivity contribution in [3.63, 3.8) is 0 Å². The highest BCUT2D eigenvalue weighted by Crippen LogP contribution is 2.27. The highest BCUT2D eigenvalue weighted by Gasteiger charge is 2.01. The van der Waals surface area contributed by atoms with Crippen LogP contribution in [0.15, 0.2) is 42.5 Å². The molecule has 0 aliphatic heterocycles. The molecule has 2 rings (SSSR count). The molecule has 0 amide bonds. The van der Waals surface area contributed by atoms with E-state index in [1.54, 1.807) is 6.07 Å². The summed E-state index contributed by atoms with van der Waals surface area (Å²) in [6.07, 6.45) is 4.04. The first-order chi connectivity index (χ1) is 6.83. The van der Waals surface area contributed by atoms with Gasteiger partial charge in [-0.3, -0.25) is 0 Å². The van der Waals surface area contributed by atoms with E-state index in [0.29, 0.717) is 5.75 Å². The van der Waals surface area contributed by atoms with Crippen LogP contribution in [-0.2, 0) is 0 Å². The lowest BCUT2D eigenvalue weighted by molar-refractivity contribution is 0.481. The molecule has 1 nitrogen and oxygen atoms in total. The van der Waals surface area contributed by atoms with Crippen LogP contribution >= 0.6 is 0 Å². The first kappa shape index (κ1) is 8.82. The van der Waals surface area contributed by atoms with Crippen molar-refractivity contribution in [3.05, 3.63) is 48.0 Å². The second kappa shape index (κ2) is 3.54. The second-order valence-electron chi connectivity index (χ2n) is 3.22. The van der Waals surface area contributed by atoms with E-state index in [-0.39, 0.29) is 0 Å². The van der Waals surface area contributed by atoms with Gasteiger partial charge in [0.2, 0.25) is 0 Å². The molecule has 2 aromatic carbocycles. The van der Waals surface area contributed by atoms with Crippen molar-refractivity contribution in [2.24, 2.45) is 0 Å². The third kappa shape index (κ3) is 1.37. The van der Waals surface area contributed by atoms with Crippen LogP contribution in [0.2, 0.25) is 0 Å². The first-order valence-corrected chi connectivity index (χ1v) is 4.66. The number of aromatic hydroxyl groups is 1. The third-order valence-electron chi connectivity index (χ3n) is 2.28. The Labute approximate surface area is 83.3 Å². The lowest BCUT2D eigenvalue weighted by Gasteiger charge is -2.03. The van der Waals surface area contributed by atoms with E-state index in [1.807, 2.05) is 49.4 Å². The SMILES string of the molecule is C/C=C/c1ccc(O)c2ccccc12. The Kier molecular flexibility index (Phi) is 2.23. The van der Waals surface area contributed by atoms with Crippen LogP contribution in [-0.4, -0.2) is 5.11 Å². The predicted molar refractivity (Wildman–Crippen MR) is 60.3 cm³/mol. The van der Waals surface area contributed by atoms with Crippen LogP contribution in [0.1, 0.15) is 12.5 Å². The summed E-state index contributed by atoms with van der Waals surface area (Å²) < 4.78 is 0. The number of phenols is 1. The van der Waals surface area contributed by atoms with E-state index in [4.69, 9.17) is 0 Å². The van der Waals surface area contributed by atoms with Crippen molar-refractivity contribution in [2.45, 2.75) is 6.92 Å². The van der Waals surface area contributed by atoms with Gasteiger partial charge in [-0.2, -0.15) is 0 Å². The normalized spacial score (nSPS) is 11.2. The molecular formula is C13H12O. The minimum atomic E-state index is 0.342. The van der Waals surface area contributed by atoms with Crippen molar-refractivity contribution in [2.75, 3.05) is 0 Å². The Bertz CT molecular complexity index is 484. The summed E-state index contributed by atoms with van der Waals surface area (Å²) in [4.78, 5) is 0. The molecule has 0 heterocycles. The Hall–Kier alpha value is -1.76. The van der Waals surface area contributed by atoms with Gasteiger partial charge in [-0.25, -0.2) is 0 Å². The van der Waals surface area contributed by atoms with Gasteiger partial charge in [0.05, 0.1) is 0 Å². The molecule has 0 spiro atoms. The highest BCUT2D eigenvalue weighted by molar-refractivity contribution is 5.94. The van der Waals surface area contributed by atoms with Gasteiger partial charge < -0.3 is 5.11 Å². The number of hydrogen-bond donors (Lipinski definition) is 1. The van der Waals surface area contributed by atoms with Crippen LogP contribution in [0.3, 0.4) is 0 Å². The molecule has 0 saturated carbocycles. The van der Waals surface area contributed by atoms with Crippen LogP contribution in [0, 0.1) is 0 Å². The van der Waals surface area contributed by atoms with Crippen LogP contribution in [0.5, 0.6) is 5.75 Å². The average Bonchev–Trinajstić information content (AvgIpc) is 2.23. The van der Waals surface area contributed by atoms with Gasteiger partial charge in [-0.05, 0) is 23.9 Å². The van der Waals surface area contributed by atoms with E-state index in [1.165, 1.54) is 0 Å². The molecule has 0 aromatic heterocycles. The fourth-order valence-corrected chi connectivity index (χ4v) is 1.63. The standard InChI is InChI=1S/C13H12O/c1-2-5-10-8-9-13(14)12-7-4-3-6-11(10)12/h2-9,14H,1H3/b5-2+. The zero-order chi connectivity index (χ0) is 9.97. The molecule has 1 heteroatoms. The molecule has 70 valence electrons. The smallest absolute Gasteiger partial charge is 0.123 e. The number of hydrogen-bond acceptors (Lipinski definition) is 1. The maximum absolute atomic E-state index is 9.64. The molecule has 0 atom stereocenters. The summed E-state index contributed by atoms with van der Waals surface area (Å²) in [5.41, 5.74) is 1.14. The number of benzene rings is 2. The molecule has 0 aliphatic rings.